The predicted octanol–water partition coefficient (Wildman–Crippen LogP) is 3.80. The van der Waals surface area contributed by atoms with Crippen LogP contribution in [0.25, 0.3) is 5.57 Å². The first-order valence-electron chi connectivity index (χ1n) is 6.97. The van der Waals surface area contributed by atoms with Gasteiger partial charge >= 0.3 is 6.09 Å². The molecule has 114 valence electrons. The van der Waals surface area contributed by atoms with Crippen LogP contribution < -0.4 is 0 Å². The second-order valence-corrected chi connectivity index (χ2v) is 6.22. The summed E-state index contributed by atoms with van der Waals surface area (Å²) >= 11 is 2.96. The summed E-state index contributed by atoms with van der Waals surface area (Å²) in [7, 11) is 0. The van der Waals surface area contributed by atoms with Crippen LogP contribution in [-0.4, -0.2) is 38.6 Å². The molecule has 0 saturated heterocycles. The third-order valence-electron chi connectivity index (χ3n) is 3.09. The molecule has 5 nitrogen and oxygen atoms in total. The molecule has 0 N–H and O–H groups in total. The fraction of sp³-hybridized carbons (Fsp3) is 0.500. The molecule has 0 fully saturated rings. The highest BCUT2D eigenvalue weighted by atomic mass is 32.2. The average Bonchev–Trinajstić information content (AvgIpc) is 2.96. The minimum absolute atomic E-state index is 0.362. The third-order valence-corrected chi connectivity index (χ3v) is 4.79. The van der Waals surface area contributed by atoms with E-state index < -0.39 is 0 Å². The smallest absolute Gasteiger partial charge is 0.414 e. The number of carbonyl (C=O) groups is 1. The van der Waals surface area contributed by atoms with Gasteiger partial charge in [-0.05, 0) is 24.2 Å². The number of ether oxygens (including phenoxy) is 1. The molecular formula is C14H19N3O2S2. The van der Waals surface area contributed by atoms with Crippen LogP contribution in [0.1, 0.15) is 31.9 Å². The number of rotatable bonds is 6. The van der Waals surface area contributed by atoms with Crippen LogP contribution in [0.5, 0.6) is 0 Å². The zero-order valence-electron chi connectivity index (χ0n) is 12.1. The molecule has 1 aromatic rings. The van der Waals surface area contributed by atoms with Crippen LogP contribution in [-0.2, 0) is 4.74 Å². The number of hydrogen-bond donors (Lipinski definition) is 0. The van der Waals surface area contributed by atoms with Gasteiger partial charge in [-0.15, -0.1) is 11.8 Å². The highest BCUT2D eigenvalue weighted by Gasteiger charge is 2.23. The van der Waals surface area contributed by atoms with E-state index in [0.717, 1.165) is 34.7 Å². The summed E-state index contributed by atoms with van der Waals surface area (Å²) in [6.07, 6.45) is 6.08. The maximum Gasteiger partial charge on any atom is 0.414 e. The number of unbranched alkanes of at least 4 members (excludes halogenated alkanes) is 1. The second kappa shape index (κ2) is 8.19. The lowest BCUT2D eigenvalue weighted by Gasteiger charge is -2.25. The lowest BCUT2D eigenvalue weighted by atomic mass is 10.1. The van der Waals surface area contributed by atoms with Gasteiger partial charge in [-0.3, -0.25) is 0 Å². The monoisotopic (exact) mass is 325 g/mol. The van der Waals surface area contributed by atoms with Gasteiger partial charge in [0.05, 0.1) is 24.5 Å². The largest absolute Gasteiger partial charge is 0.419 e. The predicted molar refractivity (Wildman–Crippen MR) is 86.4 cm³/mol. The fourth-order valence-electron chi connectivity index (χ4n) is 2.00. The summed E-state index contributed by atoms with van der Waals surface area (Å²) in [5.74, 6) is 1.05. The molecule has 0 unspecified atom stereocenters. The summed E-state index contributed by atoms with van der Waals surface area (Å²) in [6, 6.07) is 0. The van der Waals surface area contributed by atoms with Crippen LogP contribution in [0.2, 0.25) is 0 Å². The maximum atomic E-state index is 11.8. The normalized spacial score (nSPS) is 14.7. The highest BCUT2D eigenvalue weighted by molar-refractivity contribution is 7.99. The van der Waals surface area contributed by atoms with Gasteiger partial charge in [0.1, 0.15) is 10.7 Å². The van der Waals surface area contributed by atoms with E-state index in [9.17, 15) is 4.79 Å². The Morgan fingerprint density at radius 2 is 2.48 bits per heavy atom. The second-order valence-electron chi connectivity index (χ2n) is 4.61. The van der Waals surface area contributed by atoms with Crippen molar-refractivity contribution in [1.82, 2.24) is 13.6 Å². The summed E-state index contributed by atoms with van der Waals surface area (Å²) in [5.41, 5.74) is 1.97. The third kappa shape index (κ3) is 4.31. The van der Waals surface area contributed by atoms with E-state index in [2.05, 4.69) is 28.3 Å². The van der Waals surface area contributed by atoms with Crippen molar-refractivity contribution in [2.75, 3.05) is 18.8 Å². The van der Waals surface area contributed by atoms with Crippen molar-refractivity contribution in [2.24, 2.45) is 0 Å². The van der Waals surface area contributed by atoms with Crippen LogP contribution in [0, 0.1) is 0 Å². The lowest BCUT2D eigenvalue weighted by Crippen LogP contribution is -2.35. The van der Waals surface area contributed by atoms with E-state index in [1.807, 2.05) is 0 Å². The van der Waals surface area contributed by atoms with Crippen LogP contribution in [0.3, 0.4) is 0 Å². The first-order chi connectivity index (χ1) is 10.3. The SMILES string of the molecule is C=COC(=O)N1CCC=C(c2nsnc2SCCCC)C1. The Labute approximate surface area is 133 Å². The Morgan fingerprint density at radius 3 is 3.24 bits per heavy atom. The van der Waals surface area contributed by atoms with Crippen molar-refractivity contribution in [2.45, 2.75) is 31.2 Å². The molecule has 0 aliphatic carbocycles. The summed E-state index contributed by atoms with van der Waals surface area (Å²) < 4.78 is 13.6. The van der Waals surface area contributed by atoms with E-state index >= 15 is 0 Å². The molecule has 1 amide bonds. The average molecular weight is 325 g/mol. The number of hydrogen-bond acceptors (Lipinski definition) is 6. The van der Waals surface area contributed by atoms with E-state index in [4.69, 9.17) is 4.74 Å². The molecule has 2 heterocycles. The first kappa shape index (κ1) is 16.0. The highest BCUT2D eigenvalue weighted by Crippen LogP contribution is 2.29. The Balaban J connectivity index is 2.04. The molecule has 0 atom stereocenters. The molecule has 0 saturated carbocycles. The van der Waals surface area contributed by atoms with Crippen molar-refractivity contribution in [3.05, 3.63) is 24.6 Å². The van der Waals surface area contributed by atoms with E-state index in [1.54, 1.807) is 16.7 Å². The van der Waals surface area contributed by atoms with Crippen molar-refractivity contribution in [1.29, 1.82) is 0 Å². The van der Waals surface area contributed by atoms with E-state index in [-0.39, 0.29) is 6.09 Å². The number of thioether (sulfide) groups is 1. The van der Waals surface area contributed by atoms with Gasteiger partial charge in [-0.25, -0.2) is 4.79 Å². The van der Waals surface area contributed by atoms with Crippen molar-refractivity contribution in [3.8, 4) is 0 Å². The first-order valence-corrected chi connectivity index (χ1v) is 8.69. The molecule has 1 aromatic heterocycles. The Morgan fingerprint density at radius 1 is 1.62 bits per heavy atom. The number of aromatic nitrogens is 2. The quantitative estimate of drug-likeness (QED) is 0.452. The summed E-state index contributed by atoms with van der Waals surface area (Å²) in [5, 5.41) is 0.971. The van der Waals surface area contributed by atoms with Gasteiger partial charge in [0.15, 0.2) is 0 Å². The zero-order valence-corrected chi connectivity index (χ0v) is 13.7. The van der Waals surface area contributed by atoms with Gasteiger partial charge in [-0.1, -0.05) is 26.0 Å². The molecule has 1 aliphatic rings. The molecule has 1 aliphatic heterocycles. The van der Waals surface area contributed by atoms with Crippen LogP contribution in [0.15, 0.2) is 23.9 Å². The maximum absolute atomic E-state index is 11.8. The van der Waals surface area contributed by atoms with Gasteiger partial charge in [0.2, 0.25) is 0 Å². The molecule has 2 rings (SSSR count). The Hall–Kier alpha value is -1.34. The lowest BCUT2D eigenvalue weighted by molar-refractivity contribution is 0.142. The molecular weight excluding hydrogens is 306 g/mol. The van der Waals surface area contributed by atoms with Gasteiger partial charge in [0, 0.05) is 6.54 Å². The Kier molecular flexibility index (Phi) is 6.25. The van der Waals surface area contributed by atoms with Crippen LogP contribution >= 0.6 is 23.5 Å². The van der Waals surface area contributed by atoms with Crippen molar-refractivity contribution < 1.29 is 9.53 Å². The van der Waals surface area contributed by atoms with Gasteiger partial charge < -0.3 is 9.64 Å². The molecule has 0 aromatic carbocycles. The molecule has 0 bridgehead atoms. The number of carbonyl (C=O) groups excluding carboxylic acids is 1. The minimum Gasteiger partial charge on any atom is -0.419 e. The standard InChI is InChI=1S/C14H19N3O2S2/c1-3-5-9-20-13-12(15-21-16-13)11-7-6-8-17(10-11)14(18)19-4-2/h4,7H,2-3,5-6,8-10H2,1H3. The summed E-state index contributed by atoms with van der Waals surface area (Å²) in [4.78, 5) is 13.4. The van der Waals surface area contributed by atoms with Gasteiger partial charge in [0.25, 0.3) is 0 Å². The Bertz CT molecular complexity index is 528. The zero-order chi connectivity index (χ0) is 15.1. The number of amides is 1. The molecule has 7 heteroatoms. The van der Waals surface area contributed by atoms with E-state index in [0.29, 0.717) is 13.1 Å². The minimum atomic E-state index is -0.362. The van der Waals surface area contributed by atoms with Crippen molar-refractivity contribution in [3.63, 3.8) is 0 Å². The van der Waals surface area contributed by atoms with Gasteiger partial charge in [-0.2, -0.15) is 8.75 Å². The molecule has 21 heavy (non-hydrogen) atoms. The van der Waals surface area contributed by atoms with E-state index in [1.165, 1.54) is 24.6 Å². The van der Waals surface area contributed by atoms with Crippen LogP contribution in [0.4, 0.5) is 4.79 Å². The topological polar surface area (TPSA) is 55.3 Å². The fourth-order valence-corrected chi connectivity index (χ4v) is 3.80. The molecule has 0 radical (unpaired) electrons. The molecule has 0 spiro atoms. The summed E-state index contributed by atoms with van der Waals surface area (Å²) in [6.45, 7) is 6.76. The van der Waals surface area contributed by atoms with Crippen molar-refractivity contribution >= 4 is 35.2 Å². The number of nitrogens with zero attached hydrogens (tertiary/aromatic N) is 3.